The number of carbonyl (C=O) groups excluding carboxylic acids is 2. The van der Waals surface area contributed by atoms with Crippen LogP contribution in [-0.4, -0.2) is 45.8 Å². The van der Waals surface area contributed by atoms with E-state index in [9.17, 15) is 14.0 Å². The number of nitrogens with one attached hydrogen (secondary N) is 1. The first-order chi connectivity index (χ1) is 10.9. The molecule has 1 aliphatic heterocycles. The van der Waals surface area contributed by atoms with E-state index in [4.69, 9.17) is 5.73 Å². The number of benzene rings is 1. The van der Waals surface area contributed by atoms with Crippen molar-refractivity contribution in [2.24, 2.45) is 12.8 Å². The van der Waals surface area contributed by atoms with Gasteiger partial charge in [0.15, 0.2) is 0 Å². The zero-order chi connectivity index (χ0) is 16.6. The Labute approximate surface area is 131 Å². The van der Waals surface area contributed by atoms with Crippen molar-refractivity contribution >= 4 is 11.9 Å². The van der Waals surface area contributed by atoms with Gasteiger partial charge in [-0.2, -0.15) is 5.10 Å². The van der Waals surface area contributed by atoms with Gasteiger partial charge in [-0.25, -0.2) is 9.18 Å². The normalized spacial score (nSPS) is 14.4. The number of hydrogen-bond acceptors (Lipinski definition) is 3. The molecule has 3 N–H and O–H groups in total. The van der Waals surface area contributed by atoms with Gasteiger partial charge < -0.3 is 16.0 Å². The first kappa shape index (κ1) is 15.0. The molecule has 0 unspecified atom stereocenters. The van der Waals surface area contributed by atoms with E-state index in [1.807, 2.05) is 0 Å². The van der Waals surface area contributed by atoms with Crippen LogP contribution in [0.2, 0.25) is 0 Å². The van der Waals surface area contributed by atoms with Crippen LogP contribution in [0.4, 0.5) is 9.18 Å². The molecule has 1 aromatic carbocycles. The number of urea groups is 1. The molecule has 0 saturated carbocycles. The number of primary amides is 1. The van der Waals surface area contributed by atoms with Crippen LogP contribution in [-0.2, 0) is 7.05 Å². The monoisotopic (exact) mass is 317 g/mol. The molecule has 120 valence electrons. The molecule has 2 heterocycles. The number of halogens is 1. The minimum Gasteiger partial charge on any atom is -0.351 e. The molecule has 0 atom stereocenters. The minimum atomic E-state index is -0.491. The SMILES string of the molecule is Cn1nc(-c2ccc(F)cc2)cc1C(=O)NC1CN(C(N)=O)C1. The zero-order valence-electron chi connectivity index (χ0n) is 12.5. The second-order valence-corrected chi connectivity index (χ2v) is 5.46. The number of hydrogen-bond donors (Lipinski definition) is 2. The Kier molecular flexibility index (Phi) is 3.73. The molecular weight excluding hydrogens is 301 g/mol. The highest BCUT2D eigenvalue weighted by Crippen LogP contribution is 2.19. The highest BCUT2D eigenvalue weighted by Gasteiger charge is 2.31. The van der Waals surface area contributed by atoms with Crippen molar-refractivity contribution in [1.82, 2.24) is 20.0 Å². The van der Waals surface area contributed by atoms with Gasteiger partial charge >= 0.3 is 6.03 Å². The lowest BCUT2D eigenvalue weighted by atomic mass is 10.1. The average molecular weight is 317 g/mol. The Morgan fingerprint density at radius 2 is 1.96 bits per heavy atom. The Bertz CT molecular complexity index is 750. The van der Waals surface area contributed by atoms with E-state index >= 15 is 0 Å². The molecule has 1 aliphatic rings. The molecular formula is C15H16FN5O2. The van der Waals surface area contributed by atoms with Crippen LogP contribution in [0.1, 0.15) is 10.5 Å². The van der Waals surface area contributed by atoms with Crippen molar-refractivity contribution in [1.29, 1.82) is 0 Å². The van der Waals surface area contributed by atoms with Gasteiger partial charge in [0, 0.05) is 25.7 Å². The number of aryl methyl sites for hydroxylation is 1. The van der Waals surface area contributed by atoms with Gasteiger partial charge in [-0.1, -0.05) is 0 Å². The van der Waals surface area contributed by atoms with Crippen LogP contribution in [0, 0.1) is 5.82 Å². The molecule has 0 radical (unpaired) electrons. The third-order valence-corrected chi connectivity index (χ3v) is 3.78. The molecule has 0 spiro atoms. The Balaban J connectivity index is 1.70. The Morgan fingerprint density at radius 3 is 2.57 bits per heavy atom. The second kappa shape index (κ2) is 5.71. The summed E-state index contributed by atoms with van der Waals surface area (Å²) in [5.41, 5.74) is 6.84. The summed E-state index contributed by atoms with van der Waals surface area (Å²) in [5.74, 6) is -0.603. The fourth-order valence-corrected chi connectivity index (χ4v) is 2.45. The molecule has 3 amide bonds. The largest absolute Gasteiger partial charge is 0.351 e. The summed E-state index contributed by atoms with van der Waals surface area (Å²) in [6, 6.07) is 6.94. The quantitative estimate of drug-likeness (QED) is 0.873. The van der Waals surface area contributed by atoms with Crippen LogP contribution in [0.15, 0.2) is 30.3 Å². The topological polar surface area (TPSA) is 93.2 Å². The van der Waals surface area contributed by atoms with Gasteiger partial charge in [0.05, 0.1) is 11.7 Å². The van der Waals surface area contributed by atoms with Gasteiger partial charge in [-0.3, -0.25) is 9.48 Å². The Hall–Kier alpha value is -2.90. The number of rotatable bonds is 3. The lowest BCUT2D eigenvalue weighted by Crippen LogP contribution is -2.62. The lowest BCUT2D eigenvalue weighted by molar-refractivity contribution is 0.0852. The van der Waals surface area contributed by atoms with Crippen molar-refractivity contribution in [3.8, 4) is 11.3 Å². The molecule has 1 fully saturated rings. The highest BCUT2D eigenvalue weighted by atomic mass is 19.1. The van der Waals surface area contributed by atoms with Gasteiger partial charge in [-0.15, -0.1) is 0 Å². The summed E-state index contributed by atoms with van der Waals surface area (Å²) in [6.45, 7) is 0.813. The maximum Gasteiger partial charge on any atom is 0.314 e. The predicted octanol–water partition coefficient (Wildman–Crippen LogP) is 0.719. The summed E-state index contributed by atoms with van der Waals surface area (Å²) < 4.78 is 14.4. The number of likely N-dealkylation sites (tertiary alicyclic amines) is 1. The minimum absolute atomic E-state index is 0.112. The third kappa shape index (κ3) is 3.01. The molecule has 0 aliphatic carbocycles. The van der Waals surface area contributed by atoms with Gasteiger partial charge in [0.2, 0.25) is 0 Å². The number of amides is 3. The number of nitrogens with zero attached hydrogens (tertiary/aromatic N) is 3. The van der Waals surface area contributed by atoms with E-state index in [0.29, 0.717) is 24.5 Å². The van der Waals surface area contributed by atoms with Crippen molar-refractivity contribution < 1.29 is 14.0 Å². The van der Waals surface area contributed by atoms with Crippen molar-refractivity contribution in [2.45, 2.75) is 6.04 Å². The number of aromatic nitrogens is 2. The average Bonchev–Trinajstić information content (AvgIpc) is 2.84. The highest BCUT2D eigenvalue weighted by molar-refractivity contribution is 5.94. The molecule has 1 aromatic heterocycles. The van der Waals surface area contributed by atoms with Crippen molar-refractivity contribution in [3.63, 3.8) is 0 Å². The molecule has 3 rings (SSSR count). The first-order valence-corrected chi connectivity index (χ1v) is 7.09. The smallest absolute Gasteiger partial charge is 0.314 e. The maximum atomic E-state index is 13.0. The molecule has 23 heavy (non-hydrogen) atoms. The van der Waals surface area contributed by atoms with Crippen molar-refractivity contribution in [2.75, 3.05) is 13.1 Å². The number of nitrogens with two attached hydrogens (primary N) is 1. The van der Waals surface area contributed by atoms with E-state index in [-0.39, 0.29) is 17.8 Å². The number of carbonyl (C=O) groups is 2. The van der Waals surface area contributed by atoms with Gasteiger partial charge in [0.1, 0.15) is 11.5 Å². The summed E-state index contributed by atoms with van der Waals surface area (Å²) in [5, 5.41) is 7.10. The maximum absolute atomic E-state index is 13.0. The van der Waals surface area contributed by atoms with Crippen LogP contribution >= 0.6 is 0 Å². The van der Waals surface area contributed by atoms with Gasteiger partial charge in [-0.05, 0) is 30.3 Å². The molecule has 7 nitrogen and oxygen atoms in total. The standard InChI is InChI=1S/C15H16FN5O2/c1-20-13(14(22)18-11-7-21(8-11)15(17)23)6-12(19-20)9-2-4-10(16)5-3-9/h2-6,11H,7-8H2,1H3,(H2,17,23)(H,18,22). The predicted molar refractivity (Wildman–Crippen MR) is 81.0 cm³/mol. The van der Waals surface area contributed by atoms with E-state index in [1.54, 1.807) is 25.2 Å². The van der Waals surface area contributed by atoms with Crippen LogP contribution in [0.3, 0.4) is 0 Å². The lowest BCUT2D eigenvalue weighted by Gasteiger charge is -2.38. The van der Waals surface area contributed by atoms with Crippen LogP contribution < -0.4 is 11.1 Å². The molecule has 1 saturated heterocycles. The first-order valence-electron chi connectivity index (χ1n) is 7.09. The van der Waals surface area contributed by atoms with Crippen molar-refractivity contribution in [3.05, 3.63) is 41.8 Å². The molecule has 2 aromatic rings. The van der Waals surface area contributed by atoms with Crippen LogP contribution in [0.5, 0.6) is 0 Å². The van der Waals surface area contributed by atoms with Crippen LogP contribution in [0.25, 0.3) is 11.3 Å². The molecule has 8 heteroatoms. The fraction of sp³-hybridized carbons (Fsp3) is 0.267. The third-order valence-electron chi connectivity index (χ3n) is 3.78. The van der Waals surface area contributed by atoms with E-state index < -0.39 is 6.03 Å². The second-order valence-electron chi connectivity index (χ2n) is 5.46. The summed E-state index contributed by atoms with van der Waals surface area (Å²) in [6.07, 6.45) is 0. The fourth-order valence-electron chi connectivity index (χ4n) is 2.45. The van der Waals surface area contributed by atoms with Gasteiger partial charge in [0.25, 0.3) is 5.91 Å². The summed E-state index contributed by atoms with van der Waals surface area (Å²) in [4.78, 5) is 24.6. The van der Waals surface area contributed by atoms with E-state index in [2.05, 4.69) is 10.4 Å². The summed E-state index contributed by atoms with van der Waals surface area (Å²) in [7, 11) is 1.67. The summed E-state index contributed by atoms with van der Waals surface area (Å²) >= 11 is 0. The Morgan fingerprint density at radius 1 is 1.30 bits per heavy atom. The van der Waals surface area contributed by atoms with E-state index in [0.717, 1.165) is 5.56 Å². The zero-order valence-corrected chi connectivity index (χ0v) is 12.5. The molecule has 0 bridgehead atoms. The van der Waals surface area contributed by atoms with E-state index in [1.165, 1.54) is 21.7 Å².